The first kappa shape index (κ1) is 17.0. The molecule has 7 nitrogen and oxygen atoms in total. The maximum Gasteiger partial charge on any atom is 0.337 e. The molecular formula is C9H9Cl2NO6S2. The van der Waals surface area contributed by atoms with Crippen molar-refractivity contribution in [3.05, 3.63) is 27.7 Å². The number of rotatable bonds is 5. The molecule has 0 radical (unpaired) electrons. The van der Waals surface area contributed by atoms with Crippen LogP contribution in [0.25, 0.3) is 0 Å². The van der Waals surface area contributed by atoms with Crippen LogP contribution >= 0.6 is 23.2 Å². The van der Waals surface area contributed by atoms with Crippen molar-refractivity contribution in [1.29, 1.82) is 0 Å². The third-order valence-corrected chi connectivity index (χ3v) is 5.90. The summed E-state index contributed by atoms with van der Waals surface area (Å²) < 4.78 is 47.2. The van der Waals surface area contributed by atoms with Gasteiger partial charge >= 0.3 is 5.97 Å². The van der Waals surface area contributed by atoms with E-state index >= 15 is 0 Å². The zero-order valence-corrected chi connectivity index (χ0v) is 13.1. The lowest BCUT2D eigenvalue weighted by Gasteiger charge is -2.12. The molecule has 0 aliphatic heterocycles. The van der Waals surface area contributed by atoms with E-state index in [0.717, 1.165) is 18.4 Å². The average Bonchev–Trinajstić information content (AvgIpc) is 2.17. The molecule has 1 aromatic carbocycles. The van der Waals surface area contributed by atoms with Crippen LogP contribution in [0.2, 0.25) is 10.0 Å². The van der Waals surface area contributed by atoms with Crippen LogP contribution in [0, 0.1) is 0 Å². The Hall–Kier alpha value is -1.03. The van der Waals surface area contributed by atoms with Gasteiger partial charge in [-0.25, -0.2) is 21.6 Å². The molecule has 0 atom stereocenters. The van der Waals surface area contributed by atoms with Crippen molar-refractivity contribution in [2.24, 2.45) is 0 Å². The number of benzene rings is 1. The summed E-state index contributed by atoms with van der Waals surface area (Å²) in [6.45, 7) is 0. The van der Waals surface area contributed by atoms with E-state index in [1.165, 1.54) is 0 Å². The van der Waals surface area contributed by atoms with Crippen LogP contribution in [-0.2, 0) is 19.9 Å². The van der Waals surface area contributed by atoms with Crippen LogP contribution in [0.3, 0.4) is 0 Å². The van der Waals surface area contributed by atoms with Gasteiger partial charge in [0.1, 0.15) is 0 Å². The Kier molecular flexibility index (Phi) is 4.90. The lowest BCUT2D eigenvalue weighted by molar-refractivity contribution is 0.0698. The van der Waals surface area contributed by atoms with Gasteiger partial charge in [-0.1, -0.05) is 23.2 Å². The lowest BCUT2D eigenvalue weighted by Crippen LogP contribution is -2.23. The normalized spacial score (nSPS) is 12.2. The molecule has 0 aromatic heterocycles. The highest BCUT2D eigenvalue weighted by molar-refractivity contribution is 8.08. The molecule has 0 fully saturated rings. The van der Waals surface area contributed by atoms with E-state index in [9.17, 15) is 21.6 Å². The van der Waals surface area contributed by atoms with Crippen LogP contribution in [0.1, 0.15) is 10.4 Å². The Morgan fingerprint density at radius 1 is 1.25 bits per heavy atom. The van der Waals surface area contributed by atoms with Crippen molar-refractivity contribution < 1.29 is 26.7 Å². The SMILES string of the molecule is CS(=O)(=O)CS(=O)(=O)Nc1c(Cl)cc(Cl)cc1C(=O)O. The second-order valence-electron chi connectivity index (χ2n) is 3.88. The molecule has 0 saturated carbocycles. The van der Waals surface area contributed by atoms with Crippen LogP contribution in [0.5, 0.6) is 0 Å². The molecule has 20 heavy (non-hydrogen) atoms. The first-order valence-electron chi connectivity index (χ1n) is 4.82. The number of aromatic carboxylic acids is 1. The van der Waals surface area contributed by atoms with Gasteiger partial charge in [-0.3, -0.25) is 4.72 Å². The Balaban J connectivity index is 3.32. The number of hydrogen-bond acceptors (Lipinski definition) is 5. The van der Waals surface area contributed by atoms with E-state index in [-0.39, 0.29) is 10.0 Å². The van der Waals surface area contributed by atoms with E-state index in [4.69, 9.17) is 28.3 Å². The van der Waals surface area contributed by atoms with Crippen LogP contribution in [-0.4, -0.2) is 39.3 Å². The summed E-state index contributed by atoms with van der Waals surface area (Å²) in [5.74, 6) is -1.47. The molecule has 0 heterocycles. The third kappa shape index (κ3) is 4.82. The Morgan fingerprint density at radius 2 is 1.80 bits per heavy atom. The highest BCUT2D eigenvalue weighted by Crippen LogP contribution is 2.31. The Labute approximate surface area is 125 Å². The first-order valence-corrected chi connectivity index (χ1v) is 9.29. The quantitative estimate of drug-likeness (QED) is 0.818. The molecule has 2 N–H and O–H groups in total. The fourth-order valence-corrected chi connectivity index (χ4v) is 4.93. The van der Waals surface area contributed by atoms with Crippen molar-refractivity contribution in [1.82, 2.24) is 0 Å². The van der Waals surface area contributed by atoms with E-state index in [1.54, 1.807) is 0 Å². The number of hydrogen-bond donors (Lipinski definition) is 2. The van der Waals surface area contributed by atoms with Gasteiger partial charge in [0, 0.05) is 11.3 Å². The number of sulfone groups is 1. The average molecular weight is 362 g/mol. The topological polar surface area (TPSA) is 118 Å². The number of anilines is 1. The van der Waals surface area contributed by atoms with E-state index in [0.29, 0.717) is 0 Å². The maximum atomic E-state index is 11.7. The molecule has 11 heteroatoms. The van der Waals surface area contributed by atoms with Crippen molar-refractivity contribution in [2.45, 2.75) is 0 Å². The number of halogens is 2. The number of carboxylic acids is 1. The molecular weight excluding hydrogens is 353 g/mol. The van der Waals surface area contributed by atoms with E-state index < -0.39 is 42.2 Å². The van der Waals surface area contributed by atoms with Gasteiger partial charge < -0.3 is 5.11 Å². The van der Waals surface area contributed by atoms with E-state index in [1.807, 2.05) is 4.72 Å². The minimum atomic E-state index is -4.31. The molecule has 0 saturated heterocycles. The lowest BCUT2D eigenvalue weighted by atomic mass is 10.2. The van der Waals surface area contributed by atoms with Gasteiger partial charge in [0.05, 0.1) is 16.3 Å². The third-order valence-electron chi connectivity index (χ3n) is 1.91. The second kappa shape index (κ2) is 5.76. The standard InChI is InChI=1S/C9H9Cl2NO6S2/c1-19(15,16)4-20(17,18)12-8-6(9(13)14)2-5(10)3-7(8)11/h2-3,12H,4H2,1H3,(H,13,14). The van der Waals surface area contributed by atoms with Crippen molar-refractivity contribution >= 4 is 54.7 Å². The zero-order valence-electron chi connectivity index (χ0n) is 9.92. The number of sulfonamides is 1. The summed E-state index contributed by atoms with van der Waals surface area (Å²) in [6, 6.07) is 2.13. The maximum absolute atomic E-state index is 11.7. The van der Waals surface area contributed by atoms with E-state index in [2.05, 4.69) is 0 Å². The fourth-order valence-electron chi connectivity index (χ4n) is 1.31. The van der Waals surface area contributed by atoms with Gasteiger partial charge in [0.25, 0.3) is 0 Å². The molecule has 0 aliphatic carbocycles. The molecule has 1 rings (SSSR count). The van der Waals surface area contributed by atoms with Crippen molar-refractivity contribution in [2.75, 3.05) is 16.1 Å². The monoisotopic (exact) mass is 361 g/mol. The summed E-state index contributed by atoms with van der Waals surface area (Å²) >= 11 is 11.4. The highest BCUT2D eigenvalue weighted by Gasteiger charge is 2.23. The molecule has 112 valence electrons. The summed E-state index contributed by atoms with van der Waals surface area (Å²) in [6.07, 6.45) is 0.730. The Morgan fingerprint density at radius 3 is 2.25 bits per heavy atom. The molecule has 0 spiro atoms. The van der Waals surface area contributed by atoms with Gasteiger partial charge in [-0.2, -0.15) is 0 Å². The smallest absolute Gasteiger partial charge is 0.337 e. The number of carbonyl (C=O) groups is 1. The van der Waals surface area contributed by atoms with Crippen LogP contribution in [0.4, 0.5) is 5.69 Å². The summed E-state index contributed by atoms with van der Waals surface area (Å²) in [5.41, 5.74) is -0.924. The molecule has 1 aromatic rings. The van der Waals surface area contributed by atoms with Crippen molar-refractivity contribution in [3.8, 4) is 0 Å². The predicted molar refractivity (Wildman–Crippen MR) is 75.7 cm³/mol. The minimum absolute atomic E-state index is 0.00142. The fraction of sp³-hybridized carbons (Fsp3) is 0.222. The van der Waals surface area contributed by atoms with Crippen molar-refractivity contribution in [3.63, 3.8) is 0 Å². The summed E-state index contributed by atoms with van der Waals surface area (Å²) in [5, 5.41) is 7.52. The molecule has 0 unspecified atom stereocenters. The number of carboxylic acid groups (broad SMARTS) is 1. The highest BCUT2D eigenvalue weighted by atomic mass is 35.5. The molecule has 0 aliphatic rings. The Bertz CT molecular complexity index is 757. The number of nitrogens with one attached hydrogen (secondary N) is 1. The van der Waals surface area contributed by atoms with Gasteiger partial charge in [0.2, 0.25) is 10.0 Å². The summed E-state index contributed by atoms with van der Waals surface area (Å²) in [4.78, 5) is 11.0. The first-order chi connectivity index (χ1) is 8.91. The van der Waals surface area contributed by atoms with Gasteiger partial charge in [-0.15, -0.1) is 0 Å². The predicted octanol–water partition coefficient (Wildman–Crippen LogP) is 1.44. The zero-order chi connectivity index (χ0) is 15.7. The molecule has 0 amide bonds. The van der Waals surface area contributed by atoms with Gasteiger partial charge in [0.15, 0.2) is 14.9 Å². The van der Waals surface area contributed by atoms with Crippen LogP contribution < -0.4 is 4.72 Å². The second-order valence-corrected chi connectivity index (χ2v) is 8.95. The largest absolute Gasteiger partial charge is 0.478 e. The molecule has 0 bridgehead atoms. The van der Waals surface area contributed by atoms with Crippen LogP contribution in [0.15, 0.2) is 12.1 Å². The van der Waals surface area contributed by atoms with Gasteiger partial charge in [-0.05, 0) is 12.1 Å². The minimum Gasteiger partial charge on any atom is -0.478 e. The summed E-state index contributed by atoms with van der Waals surface area (Å²) in [7, 11) is -8.14.